The minimum atomic E-state index is -0.373. The Morgan fingerprint density at radius 3 is 2.71 bits per heavy atom. The zero-order chi connectivity index (χ0) is 12.7. The Kier molecular flexibility index (Phi) is 5.53. The highest BCUT2D eigenvalue weighted by molar-refractivity contribution is 5.70. The standard InChI is InChI=1S/C14H21NO2/c1-4-10-15-14(16)17-13-9-7-6-8-12(13)11(3)5-2/h6-9,11H,4-5,10H2,1-3H3,(H,15,16). The predicted molar refractivity (Wildman–Crippen MR) is 69.5 cm³/mol. The zero-order valence-corrected chi connectivity index (χ0v) is 10.8. The van der Waals surface area contributed by atoms with E-state index in [9.17, 15) is 4.79 Å². The molecule has 17 heavy (non-hydrogen) atoms. The summed E-state index contributed by atoms with van der Waals surface area (Å²) in [7, 11) is 0. The van der Waals surface area contributed by atoms with Crippen molar-refractivity contribution in [3.8, 4) is 5.75 Å². The molecule has 0 radical (unpaired) electrons. The summed E-state index contributed by atoms with van der Waals surface area (Å²) in [6, 6.07) is 7.70. The molecular formula is C14H21NO2. The van der Waals surface area contributed by atoms with E-state index in [1.165, 1.54) is 0 Å². The van der Waals surface area contributed by atoms with Crippen molar-refractivity contribution in [2.24, 2.45) is 0 Å². The highest BCUT2D eigenvalue weighted by atomic mass is 16.6. The van der Waals surface area contributed by atoms with Crippen LogP contribution in [0.3, 0.4) is 0 Å². The quantitative estimate of drug-likeness (QED) is 0.845. The second-order valence-electron chi connectivity index (χ2n) is 4.16. The van der Waals surface area contributed by atoms with E-state index < -0.39 is 0 Å². The molecule has 0 aromatic heterocycles. The van der Waals surface area contributed by atoms with Crippen molar-refractivity contribution in [3.05, 3.63) is 29.8 Å². The van der Waals surface area contributed by atoms with E-state index in [-0.39, 0.29) is 6.09 Å². The van der Waals surface area contributed by atoms with Gasteiger partial charge in [0, 0.05) is 6.54 Å². The van der Waals surface area contributed by atoms with E-state index in [4.69, 9.17) is 4.74 Å². The van der Waals surface area contributed by atoms with Crippen molar-refractivity contribution in [1.29, 1.82) is 0 Å². The van der Waals surface area contributed by atoms with E-state index in [0.717, 1.165) is 18.4 Å². The van der Waals surface area contributed by atoms with Crippen LogP contribution >= 0.6 is 0 Å². The summed E-state index contributed by atoms with van der Waals surface area (Å²) >= 11 is 0. The lowest BCUT2D eigenvalue weighted by molar-refractivity contribution is 0.200. The first kappa shape index (κ1) is 13.6. The minimum absolute atomic E-state index is 0.373. The van der Waals surface area contributed by atoms with Gasteiger partial charge in [-0.1, -0.05) is 39.0 Å². The first-order valence-electron chi connectivity index (χ1n) is 6.23. The SMILES string of the molecule is CCCNC(=O)Oc1ccccc1C(C)CC. The van der Waals surface area contributed by atoms with Crippen LogP contribution in [0.1, 0.15) is 45.1 Å². The van der Waals surface area contributed by atoms with Crippen LogP contribution in [0.25, 0.3) is 0 Å². The molecule has 0 aliphatic heterocycles. The molecule has 3 nitrogen and oxygen atoms in total. The molecule has 1 N–H and O–H groups in total. The molecular weight excluding hydrogens is 214 g/mol. The minimum Gasteiger partial charge on any atom is -0.410 e. The average Bonchev–Trinajstić information content (AvgIpc) is 2.36. The van der Waals surface area contributed by atoms with E-state index in [1.807, 2.05) is 31.2 Å². The lowest BCUT2D eigenvalue weighted by Gasteiger charge is -2.14. The molecule has 1 amide bonds. The second kappa shape index (κ2) is 6.94. The van der Waals surface area contributed by atoms with Gasteiger partial charge in [0.25, 0.3) is 0 Å². The van der Waals surface area contributed by atoms with Crippen LogP contribution in [0.4, 0.5) is 4.79 Å². The fourth-order valence-electron chi connectivity index (χ4n) is 1.56. The summed E-state index contributed by atoms with van der Waals surface area (Å²) in [5, 5.41) is 2.70. The van der Waals surface area contributed by atoms with Gasteiger partial charge >= 0.3 is 6.09 Å². The van der Waals surface area contributed by atoms with Crippen molar-refractivity contribution < 1.29 is 9.53 Å². The van der Waals surface area contributed by atoms with Gasteiger partial charge in [0.1, 0.15) is 5.75 Å². The number of amides is 1. The van der Waals surface area contributed by atoms with Gasteiger partial charge in [0.2, 0.25) is 0 Å². The number of ether oxygens (including phenoxy) is 1. The summed E-state index contributed by atoms with van der Waals surface area (Å²) in [6.45, 7) is 6.91. The van der Waals surface area contributed by atoms with Gasteiger partial charge in [0.05, 0.1) is 0 Å². The number of nitrogens with one attached hydrogen (secondary N) is 1. The number of hydrogen-bond acceptors (Lipinski definition) is 2. The van der Waals surface area contributed by atoms with Crippen molar-refractivity contribution >= 4 is 6.09 Å². The maximum atomic E-state index is 11.5. The van der Waals surface area contributed by atoms with Gasteiger partial charge in [-0.2, -0.15) is 0 Å². The summed E-state index contributed by atoms with van der Waals surface area (Å²) < 4.78 is 5.32. The van der Waals surface area contributed by atoms with Gasteiger partial charge < -0.3 is 10.1 Å². The molecule has 0 saturated heterocycles. The Morgan fingerprint density at radius 2 is 2.06 bits per heavy atom. The lowest BCUT2D eigenvalue weighted by atomic mass is 9.98. The second-order valence-corrected chi connectivity index (χ2v) is 4.16. The summed E-state index contributed by atoms with van der Waals surface area (Å²) in [6.07, 6.45) is 1.56. The Bertz CT molecular complexity index is 363. The van der Waals surface area contributed by atoms with Crippen LogP contribution in [0.2, 0.25) is 0 Å². The molecule has 1 unspecified atom stereocenters. The van der Waals surface area contributed by atoms with Crippen LogP contribution in [0, 0.1) is 0 Å². The summed E-state index contributed by atoms with van der Waals surface area (Å²) in [4.78, 5) is 11.5. The highest BCUT2D eigenvalue weighted by Crippen LogP contribution is 2.28. The lowest BCUT2D eigenvalue weighted by Crippen LogP contribution is -2.27. The topological polar surface area (TPSA) is 38.3 Å². The number of para-hydroxylation sites is 1. The Morgan fingerprint density at radius 1 is 1.35 bits per heavy atom. The highest BCUT2D eigenvalue weighted by Gasteiger charge is 2.12. The number of carbonyl (C=O) groups is 1. The largest absolute Gasteiger partial charge is 0.412 e. The average molecular weight is 235 g/mol. The number of rotatable bonds is 5. The molecule has 0 saturated carbocycles. The molecule has 1 atom stereocenters. The Balaban J connectivity index is 2.73. The van der Waals surface area contributed by atoms with E-state index >= 15 is 0 Å². The molecule has 0 fully saturated rings. The molecule has 1 aromatic carbocycles. The number of carbonyl (C=O) groups excluding carboxylic acids is 1. The van der Waals surface area contributed by atoms with Gasteiger partial charge in [-0.05, 0) is 30.4 Å². The molecule has 1 rings (SSSR count). The molecule has 0 aliphatic carbocycles. The van der Waals surface area contributed by atoms with Crippen molar-refractivity contribution in [1.82, 2.24) is 5.32 Å². The normalized spacial score (nSPS) is 11.9. The number of benzene rings is 1. The maximum absolute atomic E-state index is 11.5. The smallest absolute Gasteiger partial charge is 0.410 e. The molecule has 3 heteroatoms. The first-order chi connectivity index (χ1) is 8.19. The molecule has 0 spiro atoms. The Labute approximate surface area is 103 Å². The van der Waals surface area contributed by atoms with Gasteiger partial charge in [0.15, 0.2) is 0 Å². The Hall–Kier alpha value is -1.51. The summed E-state index contributed by atoms with van der Waals surface area (Å²) in [5.74, 6) is 1.06. The van der Waals surface area contributed by atoms with Crippen molar-refractivity contribution in [2.75, 3.05) is 6.54 Å². The molecule has 0 aliphatic rings. The predicted octanol–water partition coefficient (Wildman–Crippen LogP) is 3.70. The molecule has 1 aromatic rings. The van der Waals surface area contributed by atoms with E-state index in [1.54, 1.807) is 0 Å². The van der Waals surface area contributed by atoms with Crippen LogP contribution in [-0.2, 0) is 0 Å². The van der Waals surface area contributed by atoms with Crippen molar-refractivity contribution in [2.45, 2.75) is 39.5 Å². The zero-order valence-electron chi connectivity index (χ0n) is 10.8. The van der Waals surface area contributed by atoms with Crippen molar-refractivity contribution in [3.63, 3.8) is 0 Å². The van der Waals surface area contributed by atoms with E-state index in [2.05, 4.69) is 19.2 Å². The first-order valence-corrected chi connectivity index (χ1v) is 6.23. The van der Waals surface area contributed by atoms with E-state index in [0.29, 0.717) is 18.2 Å². The summed E-state index contributed by atoms with van der Waals surface area (Å²) in [5.41, 5.74) is 1.08. The van der Waals surface area contributed by atoms with Gasteiger partial charge in [-0.25, -0.2) is 4.79 Å². The van der Waals surface area contributed by atoms with Crippen LogP contribution in [-0.4, -0.2) is 12.6 Å². The number of hydrogen-bond donors (Lipinski definition) is 1. The van der Waals surface area contributed by atoms with Gasteiger partial charge in [-0.15, -0.1) is 0 Å². The monoisotopic (exact) mass is 235 g/mol. The fraction of sp³-hybridized carbons (Fsp3) is 0.500. The molecule has 94 valence electrons. The third-order valence-corrected chi connectivity index (χ3v) is 2.78. The van der Waals surface area contributed by atoms with Crippen LogP contribution in [0.15, 0.2) is 24.3 Å². The molecule has 0 bridgehead atoms. The molecule has 0 heterocycles. The van der Waals surface area contributed by atoms with Crippen LogP contribution < -0.4 is 10.1 Å². The third kappa shape index (κ3) is 4.10. The van der Waals surface area contributed by atoms with Gasteiger partial charge in [-0.3, -0.25) is 0 Å². The van der Waals surface area contributed by atoms with Crippen LogP contribution in [0.5, 0.6) is 5.75 Å². The fourth-order valence-corrected chi connectivity index (χ4v) is 1.56. The maximum Gasteiger partial charge on any atom is 0.412 e. The third-order valence-electron chi connectivity index (χ3n) is 2.78.